The maximum Gasteiger partial charge on any atom is 0.225 e. The van der Waals surface area contributed by atoms with E-state index in [0.717, 1.165) is 23.8 Å². The molecule has 4 nitrogen and oxygen atoms in total. The van der Waals surface area contributed by atoms with Crippen LogP contribution >= 0.6 is 0 Å². The van der Waals surface area contributed by atoms with Crippen LogP contribution in [-0.4, -0.2) is 17.0 Å². The molecule has 0 aliphatic carbocycles. The zero-order chi connectivity index (χ0) is 13.8. The summed E-state index contributed by atoms with van der Waals surface area (Å²) in [6, 6.07) is 8.46. The van der Waals surface area contributed by atoms with Crippen molar-refractivity contribution in [3.63, 3.8) is 0 Å². The highest BCUT2D eigenvalue weighted by molar-refractivity contribution is 5.34. The fraction of sp³-hybridized carbons (Fsp3) is 0.333. The van der Waals surface area contributed by atoms with Gasteiger partial charge in [0.25, 0.3) is 0 Å². The summed E-state index contributed by atoms with van der Waals surface area (Å²) < 4.78 is 0. The molecule has 0 amide bonds. The minimum Gasteiger partial charge on any atom is -0.340 e. The Labute approximate surface area is 114 Å². The van der Waals surface area contributed by atoms with Crippen molar-refractivity contribution < 1.29 is 0 Å². The molecule has 19 heavy (non-hydrogen) atoms. The van der Waals surface area contributed by atoms with E-state index < -0.39 is 0 Å². The van der Waals surface area contributed by atoms with Gasteiger partial charge < -0.3 is 10.6 Å². The predicted molar refractivity (Wildman–Crippen MR) is 77.9 cm³/mol. The molecule has 0 atom stereocenters. The molecule has 100 valence electrons. The zero-order valence-electron chi connectivity index (χ0n) is 11.7. The number of rotatable bonds is 4. The molecule has 2 aromatic rings. The van der Waals surface area contributed by atoms with Crippen LogP contribution in [0.3, 0.4) is 0 Å². The molecule has 0 saturated carbocycles. The first-order valence-electron chi connectivity index (χ1n) is 6.39. The van der Waals surface area contributed by atoms with Crippen LogP contribution in [0.25, 0.3) is 0 Å². The van der Waals surface area contributed by atoms with Crippen LogP contribution < -0.4 is 10.6 Å². The van der Waals surface area contributed by atoms with E-state index in [4.69, 9.17) is 5.73 Å². The van der Waals surface area contributed by atoms with Crippen LogP contribution in [-0.2, 0) is 13.1 Å². The van der Waals surface area contributed by atoms with Gasteiger partial charge in [-0.3, -0.25) is 0 Å². The van der Waals surface area contributed by atoms with Crippen LogP contribution in [0, 0.1) is 13.8 Å². The number of nitrogens with two attached hydrogens (primary N) is 1. The van der Waals surface area contributed by atoms with Crippen LogP contribution in [0.5, 0.6) is 0 Å². The molecule has 2 N–H and O–H groups in total. The number of aryl methyl sites for hydroxylation is 2. The maximum atomic E-state index is 5.62. The molecule has 0 fully saturated rings. The molecule has 0 spiro atoms. The fourth-order valence-corrected chi connectivity index (χ4v) is 2.02. The summed E-state index contributed by atoms with van der Waals surface area (Å²) in [5.41, 5.74) is 10.1. The second-order valence-corrected chi connectivity index (χ2v) is 4.83. The minimum atomic E-state index is 0.480. The van der Waals surface area contributed by atoms with Crippen molar-refractivity contribution in [3.05, 3.63) is 52.8 Å². The lowest BCUT2D eigenvalue weighted by Gasteiger charge is -2.18. The third-order valence-corrected chi connectivity index (χ3v) is 3.13. The summed E-state index contributed by atoms with van der Waals surface area (Å²) in [5, 5.41) is 0. The molecule has 0 aliphatic rings. The predicted octanol–water partition coefficient (Wildman–Crippen LogP) is 2.19. The van der Waals surface area contributed by atoms with Gasteiger partial charge in [-0.15, -0.1) is 0 Å². The highest BCUT2D eigenvalue weighted by Gasteiger charge is 2.07. The van der Waals surface area contributed by atoms with E-state index in [1.165, 1.54) is 11.1 Å². The molecular formula is C15H20N4. The highest BCUT2D eigenvalue weighted by atomic mass is 15.2. The number of hydrogen-bond donors (Lipinski definition) is 1. The number of hydrogen-bond acceptors (Lipinski definition) is 4. The van der Waals surface area contributed by atoms with Gasteiger partial charge in [-0.05, 0) is 19.4 Å². The number of anilines is 1. The molecule has 0 aliphatic heterocycles. The average molecular weight is 256 g/mol. The van der Waals surface area contributed by atoms with Gasteiger partial charge in [-0.25, -0.2) is 9.97 Å². The van der Waals surface area contributed by atoms with Gasteiger partial charge in [0, 0.05) is 37.6 Å². The summed E-state index contributed by atoms with van der Waals surface area (Å²) in [7, 11) is 2.00. The lowest BCUT2D eigenvalue weighted by Crippen LogP contribution is -2.20. The van der Waals surface area contributed by atoms with Crippen molar-refractivity contribution in [1.29, 1.82) is 0 Å². The van der Waals surface area contributed by atoms with E-state index >= 15 is 0 Å². The summed E-state index contributed by atoms with van der Waals surface area (Å²) in [6.07, 6.45) is 1.81. The van der Waals surface area contributed by atoms with Gasteiger partial charge >= 0.3 is 0 Å². The molecule has 2 rings (SSSR count). The van der Waals surface area contributed by atoms with Crippen molar-refractivity contribution in [2.24, 2.45) is 5.73 Å². The van der Waals surface area contributed by atoms with Crippen LogP contribution in [0.1, 0.15) is 22.4 Å². The van der Waals surface area contributed by atoms with Gasteiger partial charge in [0.05, 0.1) is 0 Å². The van der Waals surface area contributed by atoms with E-state index in [0.29, 0.717) is 6.54 Å². The Morgan fingerprint density at radius 1 is 1.26 bits per heavy atom. The lowest BCUT2D eigenvalue weighted by molar-refractivity contribution is 0.846. The first-order chi connectivity index (χ1) is 9.10. The third-order valence-electron chi connectivity index (χ3n) is 3.13. The molecule has 1 aromatic heterocycles. The van der Waals surface area contributed by atoms with Crippen LogP contribution in [0.15, 0.2) is 30.5 Å². The van der Waals surface area contributed by atoms with E-state index in [9.17, 15) is 0 Å². The minimum absolute atomic E-state index is 0.480. The zero-order valence-corrected chi connectivity index (χ0v) is 11.7. The van der Waals surface area contributed by atoms with Gasteiger partial charge in [0.1, 0.15) is 0 Å². The Hall–Kier alpha value is -1.94. The molecule has 0 radical (unpaired) electrons. The number of nitrogens with zero attached hydrogens (tertiary/aromatic N) is 3. The second-order valence-electron chi connectivity index (χ2n) is 4.83. The van der Waals surface area contributed by atoms with Crippen molar-refractivity contribution in [2.45, 2.75) is 26.9 Å². The number of aromatic nitrogens is 2. The first-order valence-corrected chi connectivity index (χ1v) is 6.39. The molecule has 1 heterocycles. The van der Waals surface area contributed by atoms with E-state index in [-0.39, 0.29) is 0 Å². The van der Waals surface area contributed by atoms with E-state index in [1.807, 2.05) is 25.1 Å². The van der Waals surface area contributed by atoms with Crippen molar-refractivity contribution in [1.82, 2.24) is 9.97 Å². The maximum absolute atomic E-state index is 5.62. The Kier molecular flexibility index (Phi) is 4.12. The largest absolute Gasteiger partial charge is 0.340 e. The monoisotopic (exact) mass is 256 g/mol. The third kappa shape index (κ3) is 3.29. The van der Waals surface area contributed by atoms with Crippen molar-refractivity contribution in [3.8, 4) is 0 Å². The molecule has 0 unspecified atom stereocenters. The van der Waals surface area contributed by atoms with E-state index in [2.05, 4.69) is 41.2 Å². The van der Waals surface area contributed by atoms with Gasteiger partial charge in [0.15, 0.2) is 0 Å². The molecule has 1 aromatic carbocycles. The molecule has 4 heteroatoms. The van der Waals surface area contributed by atoms with Gasteiger partial charge in [0.2, 0.25) is 5.95 Å². The first kappa shape index (κ1) is 13.5. The van der Waals surface area contributed by atoms with E-state index in [1.54, 1.807) is 0 Å². The van der Waals surface area contributed by atoms with Gasteiger partial charge in [-0.1, -0.05) is 29.8 Å². The summed E-state index contributed by atoms with van der Waals surface area (Å²) in [4.78, 5) is 10.9. The Morgan fingerprint density at radius 3 is 2.68 bits per heavy atom. The summed E-state index contributed by atoms with van der Waals surface area (Å²) in [6.45, 7) is 5.34. The Bertz CT molecular complexity index is 566. The fourth-order valence-electron chi connectivity index (χ4n) is 2.02. The Balaban J connectivity index is 2.15. The van der Waals surface area contributed by atoms with Crippen molar-refractivity contribution in [2.75, 3.05) is 11.9 Å². The van der Waals surface area contributed by atoms with Crippen LogP contribution in [0.4, 0.5) is 5.95 Å². The van der Waals surface area contributed by atoms with Crippen LogP contribution in [0.2, 0.25) is 0 Å². The lowest BCUT2D eigenvalue weighted by atomic mass is 10.1. The number of benzene rings is 1. The topological polar surface area (TPSA) is 55.0 Å². The normalized spacial score (nSPS) is 10.5. The second kappa shape index (κ2) is 5.80. The standard InChI is InChI=1S/C15H20N4/c1-11-5-4-6-13(7-11)10-19(3)15-17-9-14(8-16)12(2)18-15/h4-7,9H,8,10,16H2,1-3H3. The Morgan fingerprint density at radius 2 is 2.05 bits per heavy atom. The smallest absolute Gasteiger partial charge is 0.225 e. The highest BCUT2D eigenvalue weighted by Crippen LogP contribution is 2.13. The SMILES string of the molecule is Cc1cccc(CN(C)c2ncc(CN)c(C)n2)c1. The molecule has 0 saturated heterocycles. The summed E-state index contributed by atoms with van der Waals surface area (Å²) >= 11 is 0. The average Bonchev–Trinajstić information content (AvgIpc) is 2.38. The van der Waals surface area contributed by atoms with Crippen molar-refractivity contribution >= 4 is 5.95 Å². The molecule has 0 bridgehead atoms. The summed E-state index contributed by atoms with van der Waals surface area (Å²) in [5.74, 6) is 0.733. The molecular weight excluding hydrogens is 236 g/mol. The van der Waals surface area contributed by atoms with Gasteiger partial charge in [-0.2, -0.15) is 0 Å². The quantitative estimate of drug-likeness (QED) is 0.911.